The molecule has 4 rings (SSSR count). The number of benzene rings is 1. The molecule has 0 spiro atoms. The van der Waals surface area contributed by atoms with Crippen molar-refractivity contribution in [2.24, 2.45) is 5.92 Å². The van der Waals surface area contributed by atoms with Crippen molar-refractivity contribution in [2.75, 3.05) is 39.4 Å². The summed E-state index contributed by atoms with van der Waals surface area (Å²) in [5.41, 5.74) is -0.127. The van der Waals surface area contributed by atoms with Gasteiger partial charge in [-0.2, -0.15) is 0 Å². The summed E-state index contributed by atoms with van der Waals surface area (Å²) in [7, 11) is 0. The van der Waals surface area contributed by atoms with Gasteiger partial charge in [0.2, 0.25) is 0 Å². The quantitative estimate of drug-likeness (QED) is 0.601. The van der Waals surface area contributed by atoms with Crippen LogP contribution in [-0.4, -0.2) is 76.9 Å². The molecule has 0 bridgehead atoms. The summed E-state index contributed by atoms with van der Waals surface area (Å²) in [6.45, 7) is 6.49. The Hall–Kier alpha value is -2.58. The summed E-state index contributed by atoms with van der Waals surface area (Å²) in [6, 6.07) is 7.71. The van der Waals surface area contributed by atoms with Gasteiger partial charge in [0.15, 0.2) is 0 Å². The largest absolute Gasteiger partial charge is 0.492 e. The van der Waals surface area contributed by atoms with Crippen molar-refractivity contribution >= 4 is 5.91 Å². The van der Waals surface area contributed by atoms with Gasteiger partial charge in [0.1, 0.15) is 17.2 Å². The first-order valence-electron chi connectivity index (χ1n) is 12.5. The van der Waals surface area contributed by atoms with Crippen LogP contribution in [0.1, 0.15) is 49.9 Å². The van der Waals surface area contributed by atoms with Crippen molar-refractivity contribution in [3.05, 3.63) is 47.9 Å². The first kappa shape index (κ1) is 25.5. The van der Waals surface area contributed by atoms with Gasteiger partial charge >= 0.3 is 0 Å². The summed E-state index contributed by atoms with van der Waals surface area (Å²) < 4.78 is 34.6. The lowest BCUT2D eigenvalue weighted by atomic mass is 9.97. The molecule has 0 radical (unpaired) electrons. The van der Waals surface area contributed by atoms with E-state index in [1.54, 1.807) is 49.2 Å². The number of hydrogen-bond acceptors (Lipinski definition) is 5. The molecule has 2 aliphatic heterocycles. The van der Waals surface area contributed by atoms with Crippen molar-refractivity contribution in [3.8, 4) is 17.0 Å². The summed E-state index contributed by atoms with van der Waals surface area (Å²) in [4.78, 5) is 20.9. The topological polar surface area (TPSA) is 65.9 Å². The van der Waals surface area contributed by atoms with Crippen molar-refractivity contribution in [3.63, 3.8) is 0 Å². The molecule has 0 saturated carbocycles. The molecule has 1 N–H and O–H groups in total. The highest BCUT2D eigenvalue weighted by molar-refractivity contribution is 5.95. The summed E-state index contributed by atoms with van der Waals surface area (Å²) in [5, 5.41) is 9.46. The van der Waals surface area contributed by atoms with Crippen LogP contribution < -0.4 is 4.74 Å². The molecule has 2 saturated heterocycles. The minimum atomic E-state index is -1.18. The highest BCUT2D eigenvalue weighted by Gasteiger charge is 2.29. The third kappa shape index (κ3) is 6.55. The number of rotatable bonds is 8. The number of aromatic nitrogens is 1. The average Bonchev–Trinajstić information content (AvgIpc) is 3.31. The van der Waals surface area contributed by atoms with Gasteiger partial charge in [-0.05, 0) is 88.9 Å². The molecule has 2 fully saturated rings. The Morgan fingerprint density at radius 1 is 1.17 bits per heavy atom. The van der Waals surface area contributed by atoms with Gasteiger partial charge in [0, 0.05) is 24.2 Å². The summed E-state index contributed by atoms with van der Waals surface area (Å²) in [5.74, 6) is 0.262. The third-order valence-corrected chi connectivity index (χ3v) is 6.87. The van der Waals surface area contributed by atoms with Gasteiger partial charge in [-0.15, -0.1) is 0 Å². The number of piperidine rings is 1. The molecule has 1 amide bonds. The number of alkyl halides is 1. The van der Waals surface area contributed by atoms with Crippen LogP contribution in [0.25, 0.3) is 11.3 Å². The summed E-state index contributed by atoms with van der Waals surface area (Å²) in [6.07, 6.45) is 5.12. The van der Waals surface area contributed by atoms with Crippen LogP contribution in [0.15, 0.2) is 36.5 Å². The van der Waals surface area contributed by atoms with Gasteiger partial charge in [0.05, 0.1) is 31.1 Å². The number of pyridine rings is 1. The SMILES string of the molecule is CC(C)(F)CN1CCC(COc2ccc(-c3ccc(C(=O)N4CCC[C@@H]4CO)cc3F)nc2)CC1. The first-order chi connectivity index (χ1) is 16.7. The number of hydrogen-bond donors (Lipinski definition) is 1. The second kappa shape index (κ2) is 11.0. The summed E-state index contributed by atoms with van der Waals surface area (Å²) >= 11 is 0. The molecule has 8 heteroatoms. The number of aliphatic hydroxyl groups is 1. The Morgan fingerprint density at radius 2 is 1.94 bits per heavy atom. The molecule has 0 unspecified atom stereocenters. The Balaban J connectivity index is 1.31. The minimum Gasteiger partial charge on any atom is -0.492 e. The van der Waals surface area contributed by atoms with E-state index in [4.69, 9.17) is 4.74 Å². The van der Waals surface area contributed by atoms with E-state index < -0.39 is 11.5 Å². The second-order valence-corrected chi connectivity index (χ2v) is 10.3. The van der Waals surface area contributed by atoms with Gasteiger partial charge < -0.3 is 19.6 Å². The van der Waals surface area contributed by atoms with Gasteiger partial charge in [0.25, 0.3) is 5.91 Å². The zero-order valence-electron chi connectivity index (χ0n) is 20.6. The Morgan fingerprint density at radius 3 is 2.57 bits per heavy atom. The Labute approximate surface area is 205 Å². The maximum absolute atomic E-state index is 14.9. The predicted molar refractivity (Wildman–Crippen MR) is 131 cm³/mol. The van der Waals surface area contributed by atoms with E-state index in [-0.39, 0.29) is 24.1 Å². The number of halogens is 2. The molecule has 2 aromatic rings. The Kier molecular flexibility index (Phi) is 8.02. The van der Waals surface area contributed by atoms with Crippen molar-refractivity contribution < 1.29 is 23.4 Å². The zero-order chi connectivity index (χ0) is 25.0. The predicted octanol–water partition coefficient (Wildman–Crippen LogP) is 4.32. The van der Waals surface area contributed by atoms with Crippen LogP contribution in [0, 0.1) is 11.7 Å². The van der Waals surface area contributed by atoms with Crippen LogP contribution in [0.3, 0.4) is 0 Å². The van der Waals surface area contributed by atoms with Gasteiger partial charge in [-0.25, -0.2) is 8.78 Å². The lowest BCUT2D eigenvalue weighted by Crippen LogP contribution is -2.41. The number of nitrogens with zero attached hydrogens (tertiary/aromatic N) is 3. The number of aliphatic hydroxyl groups excluding tert-OH is 1. The second-order valence-electron chi connectivity index (χ2n) is 10.3. The average molecular weight is 488 g/mol. The lowest BCUT2D eigenvalue weighted by Gasteiger charge is -2.34. The van der Waals surface area contributed by atoms with Gasteiger partial charge in [-0.3, -0.25) is 9.78 Å². The molecular formula is C27H35F2N3O3. The van der Waals surface area contributed by atoms with Crippen molar-refractivity contribution in [2.45, 2.75) is 51.2 Å². The van der Waals surface area contributed by atoms with Crippen LogP contribution in [0.2, 0.25) is 0 Å². The fraction of sp³-hybridized carbons (Fsp3) is 0.556. The number of amides is 1. The van der Waals surface area contributed by atoms with E-state index in [1.807, 2.05) is 0 Å². The maximum Gasteiger partial charge on any atom is 0.254 e. The molecule has 190 valence electrons. The molecular weight excluding hydrogens is 452 g/mol. The molecule has 1 aromatic heterocycles. The lowest BCUT2D eigenvalue weighted by molar-refractivity contribution is 0.0677. The van der Waals surface area contributed by atoms with E-state index in [1.165, 1.54) is 6.07 Å². The fourth-order valence-corrected chi connectivity index (χ4v) is 5.00. The van der Waals surface area contributed by atoms with E-state index in [2.05, 4.69) is 9.88 Å². The third-order valence-electron chi connectivity index (χ3n) is 6.87. The van der Waals surface area contributed by atoms with Crippen LogP contribution in [0.5, 0.6) is 5.75 Å². The van der Waals surface area contributed by atoms with Crippen molar-refractivity contribution in [1.82, 2.24) is 14.8 Å². The van der Waals surface area contributed by atoms with E-state index in [0.717, 1.165) is 38.8 Å². The molecule has 1 aromatic carbocycles. The minimum absolute atomic E-state index is 0.0820. The van der Waals surface area contributed by atoms with Crippen LogP contribution >= 0.6 is 0 Å². The van der Waals surface area contributed by atoms with Crippen LogP contribution in [0.4, 0.5) is 8.78 Å². The highest BCUT2D eigenvalue weighted by atomic mass is 19.1. The monoisotopic (exact) mass is 487 g/mol. The van der Waals surface area contributed by atoms with Crippen molar-refractivity contribution in [1.29, 1.82) is 0 Å². The van der Waals surface area contributed by atoms with Crippen LogP contribution in [-0.2, 0) is 0 Å². The number of carbonyl (C=O) groups is 1. The van der Waals surface area contributed by atoms with Gasteiger partial charge in [-0.1, -0.05) is 0 Å². The molecule has 1 atom stereocenters. The van der Waals surface area contributed by atoms with E-state index >= 15 is 0 Å². The highest BCUT2D eigenvalue weighted by Crippen LogP contribution is 2.27. The Bertz CT molecular complexity index is 1000. The zero-order valence-corrected chi connectivity index (χ0v) is 20.6. The normalized spacial score (nSPS) is 19.8. The molecule has 3 heterocycles. The smallest absolute Gasteiger partial charge is 0.254 e. The molecule has 6 nitrogen and oxygen atoms in total. The van der Waals surface area contributed by atoms with E-state index in [0.29, 0.717) is 42.6 Å². The fourth-order valence-electron chi connectivity index (χ4n) is 5.00. The molecule has 2 aliphatic rings. The standard InChI is InChI=1S/C27H35F2N3O3/c1-27(2,29)18-31-12-9-19(10-13-31)17-35-22-6-8-25(30-15-22)23-7-5-20(14-24(23)28)26(34)32-11-3-4-21(32)16-33/h5-8,14-15,19,21,33H,3-4,9-13,16-18H2,1-2H3/t21-/m1/s1. The number of ether oxygens (including phenoxy) is 1. The first-order valence-corrected chi connectivity index (χ1v) is 12.5. The maximum atomic E-state index is 14.9. The molecule has 0 aliphatic carbocycles. The molecule has 35 heavy (non-hydrogen) atoms. The number of carbonyl (C=O) groups excluding carboxylic acids is 1. The number of likely N-dealkylation sites (tertiary alicyclic amines) is 2. The van der Waals surface area contributed by atoms with E-state index in [9.17, 15) is 18.7 Å².